The van der Waals surface area contributed by atoms with Crippen molar-refractivity contribution in [2.45, 2.75) is 38.7 Å². The maximum Gasteiger partial charge on any atom is 0.251 e. The lowest BCUT2D eigenvalue weighted by molar-refractivity contribution is -0.0221. The summed E-state index contributed by atoms with van der Waals surface area (Å²) in [6, 6.07) is 6.88. The van der Waals surface area contributed by atoms with E-state index >= 15 is 0 Å². The lowest BCUT2D eigenvalue weighted by Gasteiger charge is -2.31. The highest BCUT2D eigenvalue weighted by Gasteiger charge is 2.34. The number of nitrogens with two attached hydrogens (primary N) is 1. The predicted octanol–water partition coefficient (Wildman–Crippen LogP) is 3.43. The number of hydrogen-bond donors (Lipinski definition) is 3. The first-order chi connectivity index (χ1) is 12.2. The summed E-state index contributed by atoms with van der Waals surface area (Å²) in [6.07, 6.45) is -0.362. The Balaban J connectivity index is 1.78. The number of H-pyrrole nitrogens is 1. The van der Waals surface area contributed by atoms with Crippen LogP contribution in [0, 0.1) is 5.41 Å². The Morgan fingerprint density at radius 1 is 1.31 bits per heavy atom. The van der Waals surface area contributed by atoms with Gasteiger partial charge in [0.2, 0.25) is 0 Å². The highest BCUT2D eigenvalue weighted by Crippen LogP contribution is 2.30. The molecule has 0 atom stereocenters. The molecule has 3 rings (SSSR count). The second kappa shape index (κ2) is 6.93. The normalized spacial score (nSPS) is 16.7. The summed E-state index contributed by atoms with van der Waals surface area (Å²) >= 11 is 0. The molecular weight excluding hydrogens is 340 g/mol. The Labute approximate surface area is 150 Å². The number of ether oxygens (including phenoxy) is 1. The summed E-state index contributed by atoms with van der Waals surface area (Å²) in [4.78, 5) is 1.80. The summed E-state index contributed by atoms with van der Waals surface area (Å²) in [7, 11) is 0. The minimum Gasteiger partial charge on any atom is -0.491 e. The Morgan fingerprint density at radius 3 is 2.65 bits per heavy atom. The number of nitrogens with zero attached hydrogens (tertiary/aromatic N) is 2. The van der Waals surface area contributed by atoms with Gasteiger partial charge in [0.1, 0.15) is 5.75 Å². The topological polar surface area (TPSA) is 91.0 Å². The zero-order valence-corrected chi connectivity index (χ0v) is 14.9. The molecule has 1 aliphatic rings. The van der Waals surface area contributed by atoms with Crippen LogP contribution in [-0.4, -0.2) is 41.0 Å². The van der Waals surface area contributed by atoms with Crippen LogP contribution in [0.1, 0.15) is 37.9 Å². The average molecular weight is 363 g/mol. The summed E-state index contributed by atoms with van der Waals surface area (Å²) in [5.74, 6) is -1.41. The van der Waals surface area contributed by atoms with Crippen molar-refractivity contribution in [1.29, 1.82) is 5.41 Å². The van der Waals surface area contributed by atoms with Gasteiger partial charge >= 0.3 is 0 Å². The number of benzene rings is 1. The van der Waals surface area contributed by atoms with E-state index in [0.29, 0.717) is 28.5 Å². The van der Waals surface area contributed by atoms with Crippen molar-refractivity contribution in [3.8, 4) is 5.75 Å². The van der Waals surface area contributed by atoms with Crippen LogP contribution < -0.4 is 15.4 Å². The van der Waals surface area contributed by atoms with E-state index < -0.39 is 5.92 Å². The highest BCUT2D eigenvalue weighted by atomic mass is 19.3. The number of anilines is 2. The van der Waals surface area contributed by atoms with Crippen LogP contribution in [0.15, 0.2) is 24.3 Å². The Morgan fingerprint density at radius 2 is 2.00 bits per heavy atom. The smallest absolute Gasteiger partial charge is 0.251 e. The maximum absolute atomic E-state index is 13.3. The summed E-state index contributed by atoms with van der Waals surface area (Å²) < 4.78 is 32.3. The molecule has 4 N–H and O–H groups in total. The number of aromatic amines is 1. The summed E-state index contributed by atoms with van der Waals surface area (Å²) in [5, 5.41) is 15.4. The van der Waals surface area contributed by atoms with Gasteiger partial charge in [0, 0.05) is 43.2 Å². The number of nitrogen functional groups attached to an aromatic ring is 1. The van der Waals surface area contributed by atoms with Gasteiger partial charge < -0.3 is 15.4 Å². The molecule has 0 saturated carbocycles. The molecule has 0 bridgehead atoms. The fourth-order valence-electron chi connectivity index (χ4n) is 2.91. The van der Waals surface area contributed by atoms with Crippen molar-refractivity contribution >= 4 is 17.2 Å². The maximum atomic E-state index is 13.3. The molecule has 1 saturated heterocycles. The number of piperidine rings is 1. The van der Waals surface area contributed by atoms with Crippen LogP contribution in [-0.2, 0) is 0 Å². The number of rotatable bonds is 5. The largest absolute Gasteiger partial charge is 0.491 e. The number of aromatic nitrogens is 2. The number of nitrogens with one attached hydrogen (secondary N) is 2. The van der Waals surface area contributed by atoms with E-state index in [4.69, 9.17) is 15.9 Å². The van der Waals surface area contributed by atoms with Gasteiger partial charge in [-0.05, 0) is 32.0 Å². The van der Waals surface area contributed by atoms with Crippen molar-refractivity contribution in [3.05, 3.63) is 35.5 Å². The second-order valence-corrected chi connectivity index (χ2v) is 6.77. The molecule has 0 aliphatic carbocycles. The molecule has 0 amide bonds. The molecule has 1 aromatic carbocycles. The third-order valence-electron chi connectivity index (χ3n) is 4.32. The highest BCUT2D eigenvalue weighted by molar-refractivity contribution is 6.13. The SMILES string of the molecule is CC(C)Oc1ccc(N)c(C(=N)c2cc(N3CCC(F)(F)CC3)n[nH]2)c1. The molecule has 1 aliphatic heterocycles. The standard InChI is InChI=1S/C18H23F2N5O/c1-11(2)26-12-3-4-14(21)13(9-12)17(22)15-10-16(24-23-15)25-7-5-18(19,20)6-8-25/h3-4,9-11,22H,5-8,21H2,1-2H3,(H,23,24). The lowest BCUT2D eigenvalue weighted by Crippen LogP contribution is -2.39. The molecule has 0 spiro atoms. The van der Waals surface area contributed by atoms with Crippen LogP contribution >= 0.6 is 0 Å². The number of alkyl halides is 2. The molecule has 26 heavy (non-hydrogen) atoms. The van der Waals surface area contributed by atoms with Gasteiger partial charge in [-0.25, -0.2) is 8.78 Å². The zero-order chi connectivity index (χ0) is 18.9. The third-order valence-corrected chi connectivity index (χ3v) is 4.32. The van der Waals surface area contributed by atoms with Crippen molar-refractivity contribution in [2.75, 3.05) is 23.7 Å². The quantitative estimate of drug-likeness (QED) is 0.561. The summed E-state index contributed by atoms with van der Waals surface area (Å²) in [5.41, 5.74) is 7.66. The van der Waals surface area contributed by atoms with E-state index in [-0.39, 0.29) is 37.7 Å². The molecule has 2 aromatic rings. The molecule has 0 radical (unpaired) electrons. The van der Waals surface area contributed by atoms with Crippen LogP contribution in [0.25, 0.3) is 0 Å². The molecule has 140 valence electrons. The predicted molar refractivity (Wildman–Crippen MR) is 97.5 cm³/mol. The molecule has 8 heteroatoms. The van der Waals surface area contributed by atoms with Crippen LogP contribution in [0.5, 0.6) is 5.75 Å². The summed E-state index contributed by atoms with van der Waals surface area (Å²) in [6.45, 7) is 4.32. The van der Waals surface area contributed by atoms with Crippen molar-refractivity contribution in [2.24, 2.45) is 0 Å². The van der Waals surface area contributed by atoms with E-state index in [1.54, 1.807) is 29.2 Å². The zero-order valence-electron chi connectivity index (χ0n) is 14.9. The Hall–Kier alpha value is -2.64. The fourth-order valence-corrected chi connectivity index (χ4v) is 2.91. The molecule has 6 nitrogen and oxygen atoms in total. The van der Waals surface area contributed by atoms with Gasteiger partial charge in [0.15, 0.2) is 5.82 Å². The van der Waals surface area contributed by atoms with Crippen molar-refractivity contribution in [1.82, 2.24) is 10.2 Å². The Kier molecular flexibility index (Phi) is 4.84. The third kappa shape index (κ3) is 3.95. The first-order valence-corrected chi connectivity index (χ1v) is 8.59. The van der Waals surface area contributed by atoms with E-state index in [2.05, 4.69) is 10.2 Å². The van der Waals surface area contributed by atoms with Gasteiger partial charge in [-0.3, -0.25) is 10.5 Å². The van der Waals surface area contributed by atoms with Gasteiger partial charge in [-0.15, -0.1) is 0 Å². The molecular formula is C18H23F2N5O. The van der Waals surface area contributed by atoms with Crippen molar-refractivity contribution in [3.63, 3.8) is 0 Å². The average Bonchev–Trinajstić information content (AvgIpc) is 3.05. The van der Waals surface area contributed by atoms with Gasteiger partial charge in [-0.1, -0.05) is 0 Å². The number of halogens is 2. The van der Waals surface area contributed by atoms with Crippen LogP contribution in [0.3, 0.4) is 0 Å². The van der Waals surface area contributed by atoms with E-state index in [0.717, 1.165) is 0 Å². The van der Waals surface area contributed by atoms with E-state index in [9.17, 15) is 8.78 Å². The first-order valence-electron chi connectivity index (χ1n) is 8.59. The molecule has 2 heterocycles. The van der Waals surface area contributed by atoms with Gasteiger partial charge in [0.05, 0.1) is 17.5 Å². The van der Waals surface area contributed by atoms with Gasteiger partial charge in [0.25, 0.3) is 5.92 Å². The lowest BCUT2D eigenvalue weighted by atomic mass is 10.0. The Bertz CT molecular complexity index is 793. The number of hydrogen-bond acceptors (Lipinski definition) is 5. The van der Waals surface area contributed by atoms with Gasteiger partial charge in [-0.2, -0.15) is 5.10 Å². The van der Waals surface area contributed by atoms with Crippen molar-refractivity contribution < 1.29 is 13.5 Å². The minimum absolute atomic E-state index is 0.0108. The van der Waals surface area contributed by atoms with Crippen LogP contribution in [0.2, 0.25) is 0 Å². The molecule has 1 fully saturated rings. The van der Waals surface area contributed by atoms with E-state index in [1.165, 1.54) is 0 Å². The first kappa shape index (κ1) is 18.2. The monoisotopic (exact) mass is 363 g/mol. The second-order valence-electron chi connectivity index (χ2n) is 6.77. The van der Waals surface area contributed by atoms with E-state index in [1.807, 2.05) is 13.8 Å². The van der Waals surface area contributed by atoms with Crippen LogP contribution in [0.4, 0.5) is 20.3 Å². The fraction of sp³-hybridized carbons (Fsp3) is 0.444. The molecule has 0 unspecified atom stereocenters. The minimum atomic E-state index is -2.60. The molecule has 1 aromatic heterocycles.